The van der Waals surface area contributed by atoms with Crippen LogP contribution in [0.1, 0.15) is 46.5 Å². The molecule has 2 N–H and O–H groups in total. The Morgan fingerprint density at radius 1 is 1.35 bits per heavy atom. The molecule has 1 rings (SSSR count). The van der Waals surface area contributed by atoms with Crippen LogP contribution in [0.5, 0.6) is 0 Å². The smallest absolute Gasteiger partial charge is 0.0431 e. The first-order valence-electron chi connectivity index (χ1n) is 7.21. The molecule has 0 aliphatic carbocycles. The molecule has 0 radical (unpaired) electrons. The van der Waals surface area contributed by atoms with Crippen LogP contribution in [0.15, 0.2) is 0 Å². The van der Waals surface area contributed by atoms with Crippen molar-refractivity contribution in [3.05, 3.63) is 0 Å². The fourth-order valence-electron chi connectivity index (χ4n) is 2.69. The predicted octanol–water partition coefficient (Wildman–Crippen LogP) is 1.86. The number of aliphatic hydroxyl groups excluding tert-OH is 1. The van der Waals surface area contributed by atoms with Crippen molar-refractivity contribution in [2.45, 2.75) is 58.5 Å². The van der Waals surface area contributed by atoms with E-state index in [1.165, 1.54) is 32.4 Å². The molecule has 102 valence electrons. The standard InChI is InChI=1S/C14H30N2O/c1-12(2)15-10-13(3)11-16-8-4-6-14(16)7-5-9-17/h12-15,17H,4-11H2,1-3H3. The maximum absolute atomic E-state index is 8.91. The van der Waals surface area contributed by atoms with Crippen molar-refractivity contribution in [3.63, 3.8) is 0 Å². The number of rotatable bonds is 8. The summed E-state index contributed by atoms with van der Waals surface area (Å²) in [5.41, 5.74) is 0. The number of likely N-dealkylation sites (tertiary alicyclic amines) is 1. The summed E-state index contributed by atoms with van der Waals surface area (Å²) in [6.07, 6.45) is 4.78. The van der Waals surface area contributed by atoms with Crippen molar-refractivity contribution in [1.82, 2.24) is 10.2 Å². The molecule has 3 nitrogen and oxygen atoms in total. The zero-order valence-corrected chi connectivity index (χ0v) is 11.8. The Labute approximate surface area is 107 Å². The molecule has 0 spiro atoms. The maximum atomic E-state index is 8.91. The van der Waals surface area contributed by atoms with Crippen LogP contribution in [-0.4, -0.2) is 48.3 Å². The van der Waals surface area contributed by atoms with Gasteiger partial charge < -0.3 is 15.3 Å². The average Bonchev–Trinajstić information content (AvgIpc) is 2.71. The highest BCUT2D eigenvalue weighted by Crippen LogP contribution is 2.22. The lowest BCUT2D eigenvalue weighted by molar-refractivity contribution is 0.192. The summed E-state index contributed by atoms with van der Waals surface area (Å²) in [7, 11) is 0. The van der Waals surface area contributed by atoms with Gasteiger partial charge in [0.2, 0.25) is 0 Å². The van der Waals surface area contributed by atoms with Crippen molar-refractivity contribution in [3.8, 4) is 0 Å². The van der Waals surface area contributed by atoms with Crippen LogP contribution >= 0.6 is 0 Å². The van der Waals surface area contributed by atoms with Gasteiger partial charge in [-0.15, -0.1) is 0 Å². The van der Waals surface area contributed by atoms with Gasteiger partial charge in [-0.25, -0.2) is 0 Å². The first-order valence-corrected chi connectivity index (χ1v) is 7.21. The maximum Gasteiger partial charge on any atom is 0.0431 e. The van der Waals surface area contributed by atoms with Crippen LogP contribution in [0.4, 0.5) is 0 Å². The van der Waals surface area contributed by atoms with E-state index in [0.29, 0.717) is 18.6 Å². The quantitative estimate of drug-likeness (QED) is 0.682. The summed E-state index contributed by atoms with van der Waals surface area (Å²) in [6.45, 7) is 10.6. The molecule has 1 heterocycles. The summed E-state index contributed by atoms with van der Waals surface area (Å²) in [4.78, 5) is 2.63. The van der Waals surface area contributed by atoms with Gasteiger partial charge in [-0.3, -0.25) is 0 Å². The second-order valence-corrected chi connectivity index (χ2v) is 5.82. The number of nitrogens with one attached hydrogen (secondary N) is 1. The van der Waals surface area contributed by atoms with Gasteiger partial charge >= 0.3 is 0 Å². The molecular formula is C14H30N2O. The van der Waals surface area contributed by atoms with Crippen molar-refractivity contribution in [2.24, 2.45) is 5.92 Å². The summed E-state index contributed by atoms with van der Waals surface area (Å²) >= 11 is 0. The number of hydrogen-bond acceptors (Lipinski definition) is 3. The summed E-state index contributed by atoms with van der Waals surface area (Å²) in [6, 6.07) is 1.31. The van der Waals surface area contributed by atoms with E-state index in [1.54, 1.807) is 0 Å². The minimum atomic E-state index is 0.342. The normalized spacial score (nSPS) is 23.5. The van der Waals surface area contributed by atoms with Gasteiger partial charge in [-0.2, -0.15) is 0 Å². The average molecular weight is 242 g/mol. The summed E-state index contributed by atoms with van der Waals surface area (Å²) in [5.74, 6) is 0.715. The molecule has 3 heteroatoms. The lowest BCUT2D eigenvalue weighted by atomic mass is 10.1. The minimum Gasteiger partial charge on any atom is -0.396 e. The Bertz CT molecular complexity index is 197. The summed E-state index contributed by atoms with van der Waals surface area (Å²) in [5, 5.41) is 12.4. The SMILES string of the molecule is CC(CNC(C)C)CN1CCCC1CCCO. The topological polar surface area (TPSA) is 35.5 Å². The monoisotopic (exact) mass is 242 g/mol. The Balaban J connectivity index is 2.23. The molecule has 0 bridgehead atoms. The third kappa shape index (κ3) is 5.84. The highest BCUT2D eigenvalue weighted by molar-refractivity contribution is 4.80. The Hall–Kier alpha value is -0.120. The molecule has 0 aromatic heterocycles. The summed E-state index contributed by atoms with van der Waals surface area (Å²) < 4.78 is 0. The van der Waals surface area contributed by atoms with Gasteiger partial charge in [-0.1, -0.05) is 20.8 Å². The Kier molecular flexibility index (Phi) is 7.09. The van der Waals surface area contributed by atoms with Crippen LogP contribution in [0.2, 0.25) is 0 Å². The van der Waals surface area contributed by atoms with Crippen LogP contribution in [0.3, 0.4) is 0 Å². The van der Waals surface area contributed by atoms with Crippen LogP contribution in [-0.2, 0) is 0 Å². The van der Waals surface area contributed by atoms with Crippen LogP contribution < -0.4 is 5.32 Å². The van der Waals surface area contributed by atoms with Gasteiger partial charge in [0.1, 0.15) is 0 Å². The van der Waals surface area contributed by atoms with E-state index in [-0.39, 0.29) is 0 Å². The third-order valence-corrected chi connectivity index (χ3v) is 3.62. The molecule has 0 aromatic rings. The fraction of sp³-hybridized carbons (Fsp3) is 1.00. The molecule has 2 atom stereocenters. The zero-order valence-electron chi connectivity index (χ0n) is 11.8. The minimum absolute atomic E-state index is 0.342. The molecule has 0 saturated carbocycles. The highest BCUT2D eigenvalue weighted by atomic mass is 16.2. The molecule has 17 heavy (non-hydrogen) atoms. The first-order chi connectivity index (χ1) is 8.13. The predicted molar refractivity (Wildman–Crippen MR) is 73.2 cm³/mol. The van der Waals surface area contributed by atoms with Gasteiger partial charge in [0.15, 0.2) is 0 Å². The fourth-order valence-corrected chi connectivity index (χ4v) is 2.69. The second kappa shape index (κ2) is 8.06. The van der Waals surface area contributed by atoms with Crippen molar-refractivity contribution >= 4 is 0 Å². The van der Waals surface area contributed by atoms with Crippen LogP contribution in [0.25, 0.3) is 0 Å². The van der Waals surface area contributed by atoms with E-state index in [1.807, 2.05) is 0 Å². The molecule has 2 unspecified atom stereocenters. The van der Waals surface area contributed by atoms with Crippen molar-refractivity contribution < 1.29 is 5.11 Å². The number of nitrogens with zero attached hydrogens (tertiary/aromatic N) is 1. The first kappa shape index (κ1) is 14.9. The van der Waals surface area contributed by atoms with Crippen molar-refractivity contribution in [2.75, 3.05) is 26.2 Å². The van der Waals surface area contributed by atoms with E-state index in [9.17, 15) is 0 Å². The molecule has 1 aliphatic heterocycles. The van der Waals surface area contributed by atoms with Crippen molar-refractivity contribution in [1.29, 1.82) is 0 Å². The molecule has 1 aliphatic rings. The van der Waals surface area contributed by atoms with E-state index in [0.717, 1.165) is 19.0 Å². The van der Waals surface area contributed by atoms with Gasteiger partial charge in [0.25, 0.3) is 0 Å². The van der Waals surface area contributed by atoms with Gasteiger partial charge in [0, 0.05) is 25.2 Å². The Morgan fingerprint density at radius 2 is 2.12 bits per heavy atom. The molecule has 0 amide bonds. The van der Waals surface area contributed by atoms with E-state index < -0.39 is 0 Å². The van der Waals surface area contributed by atoms with E-state index in [2.05, 4.69) is 31.0 Å². The van der Waals surface area contributed by atoms with E-state index in [4.69, 9.17) is 5.11 Å². The van der Waals surface area contributed by atoms with Gasteiger partial charge in [-0.05, 0) is 44.7 Å². The zero-order chi connectivity index (χ0) is 12.7. The molecule has 1 saturated heterocycles. The van der Waals surface area contributed by atoms with Crippen LogP contribution in [0, 0.1) is 5.92 Å². The second-order valence-electron chi connectivity index (χ2n) is 5.82. The lowest BCUT2D eigenvalue weighted by Crippen LogP contribution is -2.38. The van der Waals surface area contributed by atoms with Gasteiger partial charge in [0.05, 0.1) is 0 Å². The molecule has 0 aromatic carbocycles. The number of hydrogen-bond donors (Lipinski definition) is 2. The Morgan fingerprint density at radius 3 is 2.76 bits per heavy atom. The molecular weight excluding hydrogens is 212 g/mol. The largest absolute Gasteiger partial charge is 0.396 e. The highest BCUT2D eigenvalue weighted by Gasteiger charge is 2.24. The lowest BCUT2D eigenvalue weighted by Gasteiger charge is -2.27. The molecule has 1 fully saturated rings. The number of aliphatic hydroxyl groups is 1. The van der Waals surface area contributed by atoms with E-state index >= 15 is 0 Å². The third-order valence-electron chi connectivity index (χ3n) is 3.62.